The Morgan fingerprint density at radius 3 is 2.86 bits per heavy atom. The Labute approximate surface area is 89.9 Å². The van der Waals surface area contributed by atoms with Crippen LogP contribution in [-0.2, 0) is 4.79 Å². The summed E-state index contributed by atoms with van der Waals surface area (Å²) in [7, 11) is 0. The molecule has 2 atom stereocenters. The summed E-state index contributed by atoms with van der Waals surface area (Å²) in [5.74, 6) is 1.69. The number of hydrogen-bond acceptors (Lipinski definition) is 3. The van der Waals surface area contributed by atoms with E-state index in [1.54, 1.807) is 0 Å². The molecule has 14 heavy (non-hydrogen) atoms. The van der Waals surface area contributed by atoms with Crippen LogP contribution in [0.25, 0.3) is 0 Å². The van der Waals surface area contributed by atoms with E-state index < -0.39 is 5.97 Å². The number of carboxylic acids is 1. The van der Waals surface area contributed by atoms with Crippen LogP contribution in [0.3, 0.4) is 0 Å². The first-order chi connectivity index (χ1) is 6.65. The lowest BCUT2D eigenvalue weighted by molar-refractivity contribution is -0.138. The highest BCUT2D eigenvalue weighted by Gasteiger charge is 2.26. The van der Waals surface area contributed by atoms with Crippen LogP contribution in [-0.4, -0.2) is 46.1 Å². The minimum atomic E-state index is -0.693. The van der Waals surface area contributed by atoms with Crippen molar-refractivity contribution in [2.75, 3.05) is 18.1 Å². The van der Waals surface area contributed by atoms with E-state index in [0.717, 1.165) is 12.3 Å². The predicted molar refractivity (Wildman–Crippen MR) is 59.8 cm³/mol. The number of carboxylic acid groups (broad SMARTS) is 1. The van der Waals surface area contributed by atoms with Gasteiger partial charge in [0.1, 0.15) is 0 Å². The maximum absolute atomic E-state index is 10.6. The predicted octanol–water partition coefficient (Wildman–Crippen LogP) is 1.68. The van der Waals surface area contributed by atoms with Crippen LogP contribution in [0.15, 0.2) is 0 Å². The second-order valence-corrected chi connectivity index (χ2v) is 4.94. The first kappa shape index (κ1) is 11.9. The quantitative estimate of drug-likeness (QED) is 0.760. The zero-order valence-electron chi connectivity index (χ0n) is 8.90. The van der Waals surface area contributed by atoms with Crippen LogP contribution >= 0.6 is 11.8 Å². The van der Waals surface area contributed by atoms with Crippen LogP contribution in [0.5, 0.6) is 0 Å². The molecule has 1 saturated heterocycles. The van der Waals surface area contributed by atoms with Crippen LogP contribution in [0.2, 0.25) is 0 Å². The summed E-state index contributed by atoms with van der Waals surface area (Å²) in [6.07, 6.45) is 1.47. The van der Waals surface area contributed by atoms with Gasteiger partial charge in [0.05, 0.1) is 6.42 Å². The standard InChI is InChI=1S/C10H19NO2S/c1-3-11(8(2)6-10(12)13)9-4-5-14-7-9/h8-9H,3-7H2,1-2H3,(H,12,13). The minimum absolute atomic E-state index is 0.168. The van der Waals surface area contributed by atoms with Gasteiger partial charge in [-0.15, -0.1) is 0 Å². The van der Waals surface area contributed by atoms with E-state index in [0.29, 0.717) is 6.04 Å². The Morgan fingerprint density at radius 2 is 2.43 bits per heavy atom. The number of nitrogens with zero attached hydrogens (tertiary/aromatic N) is 1. The van der Waals surface area contributed by atoms with Crippen LogP contribution in [0.4, 0.5) is 0 Å². The van der Waals surface area contributed by atoms with Crippen molar-refractivity contribution in [2.24, 2.45) is 0 Å². The Balaban J connectivity index is 2.46. The van der Waals surface area contributed by atoms with Crippen molar-refractivity contribution in [2.45, 2.75) is 38.8 Å². The summed E-state index contributed by atoms with van der Waals surface area (Å²) in [6.45, 7) is 5.08. The second kappa shape index (κ2) is 5.61. The van der Waals surface area contributed by atoms with Gasteiger partial charge in [-0.3, -0.25) is 9.69 Å². The fourth-order valence-electron chi connectivity index (χ4n) is 2.08. The van der Waals surface area contributed by atoms with Gasteiger partial charge >= 0.3 is 5.97 Å². The number of hydrogen-bond donors (Lipinski definition) is 1. The maximum atomic E-state index is 10.6. The molecule has 2 unspecified atom stereocenters. The third kappa shape index (κ3) is 3.17. The summed E-state index contributed by atoms with van der Waals surface area (Å²) >= 11 is 1.97. The molecule has 82 valence electrons. The van der Waals surface area contributed by atoms with Gasteiger partial charge in [0, 0.05) is 17.8 Å². The molecule has 0 aromatic heterocycles. The van der Waals surface area contributed by atoms with Crippen molar-refractivity contribution >= 4 is 17.7 Å². The van der Waals surface area contributed by atoms with Crippen molar-refractivity contribution in [1.29, 1.82) is 0 Å². The summed E-state index contributed by atoms with van der Waals surface area (Å²) < 4.78 is 0. The average molecular weight is 217 g/mol. The highest BCUT2D eigenvalue weighted by molar-refractivity contribution is 7.99. The molecule has 1 fully saturated rings. The largest absolute Gasteiger partial charge is 0.481 e. The van der Waals surface area contributed by atoms with E-state index >= 15 is 0 Å². The first-order valence-corrected chi connectivity index (χ1v) is 6.36. The van der Waals surface area contributed by atoms with Crippen LogP contribution in [0, 0.1) is 0 Å². The number of carbonyl (C=O) groups is 1. The zero-order valence-corrected chi connectivity index (χ0v) is 9.72. The van der Waals surface area contributed by atoms with Crippen molar-refractivity contribution < 1.29 is 9.90 Å². The van der Waals surface area contributed by atoms with E-state index in [1.807, 2.05) is 18.7 Å². The zero-order chi connectivity index (χ0) is 10.6. The molecule has 1 N–H and O–H groups in total. The molecule has 1 rings (SSSR count). The van der Waals surface area contributed by atoms with Gasteiger partial charge in [-0.05, 0) is 25.6 Å². The van der Waals surface area contributed by atoms with E-state index in [9.17, 15) is 4.79 Å². The van der Waals surface area contributed by atoms with Crippen LogP contribution < -0.4 is 0 Å². The molecule has 0 aromatic carbocycles. The van der Waals surface area contributed by atoms with Crippen molar-refractivity contribution in [1.82, 2.24) is 4.90 Å². The lowest BCUT2D eigenvalue weighted by Crippen LogP contribution is -2.42. The van der Waals surface area contributed by atoms with Gasteiger partial charge < -0.3 is 5.11 Å². The molecule has 1 aliphatic rings. The fraction of sp³-hybridized carbons (Fsp3) is 0.900. The minimum Gasteiger partial charge on any atom is -0.481 e. The Bertz CT molecular complexity index is 193. The molecule has 3 nitrogen and oxygen atoms in total. The molecule has 0 aromatic rings. The van der Waals surface area contributed by atoms with E-state index in [2.05, 4.69) is 11.8 Å². The second-order valence-electron chi connectivity index (χ2n) is 3.79. The molecule has 0 bridgehead atoms. The molecule has 0 spiro atoms. The molecule has 0 radical (unpaired) electrons. The van der Waals surface area contributed by atoms with Gasteiger partial charge in [0.2, 0.25) is 0 Å². The third-order valence-electron chi connectivity index (χ3n) is 2.78. The van der Waals surface area contributed by atoms with Gasteiger partial charge in [0.15, 0.2) is 0 Å². The summed E-state index contributed by atoms with van der Waals surface area (Å²) in [6, 6.07) is 0.764. The summed E-state index contributed by atoms with van der Waals surface area (Å²) in [5.41, 5.74) is 0. The summed E-state index contributed by atoms with van der Waals surface area (Å²) in [4.78, 5) is 12.9. The highest BCUT2D eigenvalue weighted by atomic mass is 32.2. The van der Waals surface area contributed by atoms with E-state index in [4.69, 9.17) is 5.11 Å². The lowest BCUT2D eigenvalue weighted by atomic mass is 10.1. The monoisotopic (exact) mass is 217 g/mol. The number of thioether (sulfide) groups is 1. The Morgan fingerprint density at radius 1 is 1.71 bits per heavy atom. The van der Waals surface area contributed by atoms with Crippen LogP contribution in [0.1, 0.15) is 26.7 Å². The maximum Gasteiger partial charge on any atom is 0.304 e. The molecule has 0 aliphatic carbocycles. The van der Waals surface area contributed by atoms with Crippen molar-refractivity contribution in [3.05, 3.63) is 0 Å². The Kier molecular flexibility index (Phi) is 4.75. The lowest BCUT2D eigenvalue weighted by Gasteiger charge is -2.32. The smallest absolute Gasteiger partial charge is 0.304 e. The molecular formula is C10H19NO2S. The highest BCUT2D eigenvalue weighted by Crippen LogP contribution is 2.24. The SMILES string of the molecule is CCN(C(C)CC(=O)O)C1CCSC1. The number of aliphatic carboxylic acids is 1. The normalized spacial score (nSPS) is 24.1. The molecule has 1 aliphatic heterocycles. The Hall–Kier alpha value is -0.220. The molecule has 4 heteroatoms. The van der Waals surface area contributed by atoms with Gasteiger partial charge in [0.25, 0.3) is 0 Å². The fourth-order valence-corrected chi connectivity index (χ4v) is 3.32. The van der Waals surface area contributed by atoms with E-state index in [-0.39, 0.29) is 12.5 Å². The van der Waals surface area contributed by atoms with Gasteiger partial charge in [-0.2, -0.15) is 11.8 Å². The van der Waals surface area contributed by atoms with Gasteiger partial charge in [-0.25, -0.2) is 0 Å². The van der Waals surface area contributed by atoms with Gasteiger partial charge in [-0.1, -0.05) is 6.92 Å². The third-order valence-corrected chi connectivity index (χ3v) is 3.92. The average Bonchev–Trinajstić information content (AvgIpc) is 2.57. The number of rotatable bonds is 5. The molecule has 0 saturated carbocycles. The van der Waals surface area contributed by atoms with Crippen molar-refractivity contribution in [3.8, 4) is 0 Å². The molecule has 0 amide bonds. The summed E-state index contributed by atoms with van der Waals surface area (Å²) in [5, 5.41) is 8.74. The topological polar surface area (TPSA) is 40.5 Å². The van der Waals surface area contributed by atoms with E-state index in [1.165, 1.54) is 12.2 Å². The molecular weight excluding hydrogens is 198 g/mol. The van der Waals surface area contributed by atoms with Crippen molar-refractivity contribution in [3.63, 3.8) is 0 Å². The first-order valence-electron chi connectivity index (χ1n) is 5.20. The molecule has 1 heterocycles.